The van der Waals surface area contributed by atoms with Gasteiger partial charge in [0.15, 0.2) is 0 Å². The van der Waals surface area contributed by atoms with Gasteiger partial charge in [0.25, 0.3) is 11.5 Å². The minimum Gasteiger partial charge on any atom is -0.338 e. The zero-order valence-corrected chi connectivity index (χ0v) is 16.8. The van der Waals surface area contributed by atoms with Crippen LogP contribution in [0.4, 0.5) is 4.39 Å². The number of halogens is 1. The summed E-state index contributed by atoms with van der Waals surface area (Å²) in [7, 11) is 0. The Morgan fingerprint density at radius 1 is 0.967 bits per heavy atom. The molecule has 4 nitrogen and oxygen atoms in total. The van der Waals surface area contributed by atoms with Crippen molar-refractivity contribution < 1.29 is 9.18 Å². The molecular formula is C25H23FN2O2. The van der Waals surface area contributed by atoms with E-state index in [2.05, 4.69) is 6.07 Å². The topological polar surface area (TPSA) is 42.3 Å². The zero-order chi connectivity index (χ0) is 20.8. The summed E-state index contributed by atoms with van der Waals surface area (Å²) in [5.74, 6) is -0.452. The monoisotopic (exact) mass is 402 g/mol. The van der Waals surface area contributed by atoms with E-state index in [1.54, 1.807) is 30.0 Å². The highest BCUT2D eigenvalue weighted by molar-refractivity contribution is 5.96. The van der Waals surface area contributed by atoms with Crippen LogP contribution in [0, 0.1) is 18.7 Å². The summed E-state index contributed by atoms with van der Waals surface area (Å²) in [6, 6.07) is 18.4. The summed E-state index contributed by atoms with van der Waals surface area (Å²) in [6.45, 7) is 3.41. The van der Waals surface area contributed by atoms with Gasteiger partial charge in [-0.2, -0.15) is 0 Å². The predicted octanol–water partition coefficient (Wildman–Crippen LogP) is 4.22. The third kappa shape index (κ3) is 3.15. The lowest BCUT2D eigenvalue weighted by Crippen LogP contribution is -2.49. The van der Waals surface area contributed by atoms with Crippen LogP contribution in [0.15, 0.2) is 65.5 Å². The van der Waals surface area contributed by atoms with Gasteiger partial charge in [-0.25, -0.2) is 4.39 Å². The molecule has 2 aromatic carbocycles. The van der Waals surface area contributed by atoms with E-state index in [0.29, 0.717) is 25.2 Å². The van der Waals surface area contributed by atoms with E-state index < -0.39 is 5.82 Å². The molecule has 1 aromatic heterocycles. The SMILES string of the molecule is Cc1cccc(F)c1C(=O)N1C[C@@H]2C[C@H](C1)c1cc(-c3ccccc3)cc(=O)n1C2. The van der Waals surface area contributed by atoms with E-state index in [9.17, 15) is 14.0 Å². The van der Waals surface area contributed by atoms with Crippen LogP contribution in [0.5, 0.6) is 0 Å². The van der Waals surface area contributed by atoms with E-state index in [-0.39, 0.29) is 28.9 Å². The number of hydrogen-bond acceptors (Lipinski definition) is 2. The molecule has 2 bridgehead atoms. The van der Waals surface area contributed by atoms with Gasteiger partial charge in [-0.1, -0.05) is 42.5 Å². The quantitative estimate of drug-likeness (QED) is 0.644. The van der Waals surface area contributed by atoms with Crippen LogP contribution in [0.1, 0.15) is 34.0 Å². The van der Waals surface area contributed by atoms with E-state index in [1.807, 2.05) is 34.9 Å². The van der Waals surface area contributed by atoms with Gasteiger partial charge in [0.2, 0.25) is 0 Å². The smallest absolute Gasteiger partial charge is 0.257 e. The van der Waals surface area contributed by atoms with Gasteiger partial charge in [-0.05, 0) is 48.1 Å². The number of nitrogens with zero attached hydrogens (tertiary/aromatic N) is 2. The zero-order valence-electron chi connectivity index (χ0n) is 16.8. The van der Waals surface area contributed by atoms with Gasteiger partial charge in [0.1, 0.15) is 5.82 Å². The van der Waals surface area contributed by atoms with Crippen LogP contribution in [0.25, 0.3) is 11.1 Å². The third-order valence-corrected chi connectivity index (χ3v) is 6.39. The maximum atomic E-state index is 14.4. The molecule has 152 valence electrons. The van der Waals surface area contributed by atoms with E-state index >= 15 is 0 Å². The normalized spacial score (nSPS) is 20.0. The molecule has 0 aliphatic carbocycles. The van der Waals surface area contributed by atoms with Crippen LogP contribution < -0.4 is 5.56 Å². The summed E-state index contributed by atoms with van der Waals surface area (Å²) < 4.78 is 16.2. The summed E-state index contributed by atoms with van der Waals surface area (Å²) in [5, 5.41) is 0. The minimum atomic E-state index is -0.473. The Labute approximate surface area is 174 Å². The Bertz CT molecular complexity index is 1170. The molecule has 5 rings (SSSR count). The predicted molar refractivity (Wildman–Crippen MR) is 114 cm³/mol. The maximum Gasteiger partial charge on any atom is 0.257 e. The number of pyridine rings is 1. The van der Waals surface area contributed by atoms with Crippen molar-refractivity contribution in [1.29, 1.82) is 0 Å². The molecule has 1 fully saturated rings. The average Bonchev–Trinajstić information content (AvgIpc) is 2.74. The van der Waals surface area contributed by atoms with Gasteiger partial charge < -0.3 is 9.47 Å². The molecular weight excluding hydrogens is 379 g/mol. The molecule has 30 heavy (non-hydrogen) atoms. The second-order valence-corrected chi connectivity index (χ2v) is 8.42. The van der Waals surface area contributed by atoms with Crippen molar-refractivity contribution in [2.75, 3.05) is 13.1 Å². The summed E-state index contributed by atoms with van der Waals surface area (Å²) in [4.78, 5) is 27.8. The standard InChI is InChI=1S/C25H23FN2O2/c1-16-6-5-9-21(26)24(16)25(30)27-13-17-10-20(15-27)22-11-19(12-23(29)28(22)14-17)18-7-3-2-4-8-18/h2-9,11-12,17,20H,10,13-15H2,1H3/t17-,20+/m0/s1. The Morgan fingerprint density at radius 2 is 1.77 bits per heavy atom. The average molecular weight is 402 g/mol. The number of fused-ring (bicyclic) bond motifs is 4. The number of hydrogen-bond donors (Lipinski definition) is 0. The fourth-order valence-electron chi connectivity index (χ4n) is 4.98. The second kappa shape index (κ2) is 7.24. The van der Waals surface area contributed by atoms with Crippen LogP contribution in [-0.4, -0.2) is 28.5 Å². The number of aromatic nitrogens is 1. The first kappa shape index (κ1) is 18.8. The van der Waals surface area contributed by atoms with Crippen molar-refractivity contribution in [2.24, 2.45) is 5.92 Å². The van der Waals surface area contributed by atoms with Crippen LogP contribution in [0.2, 0.25) is 0 Å². The van der Waals surface area contributed by atoms with Crippen LogP contribution >= 0.6 is 0 Å². The molecule has 0 saturated carbocycles. The van der Waals surface area contributed by atoms with E-state index in [0.717, 1.165) is 23.2 Å². The van der Waals surface area contributed by atoms with Gasteiger partial charge in [0, 0.05) is 37.3 Å². The molecule has 0 N–H and O–H groups in total. The molecule has 2 aliphatic heterocycles. The first-order valence-corrected chi connectivity index (χ1v) is 10.4. The summed E-state index contributed by atoms with van der Waals surface area (Å²) in [6.07, 6.45) is 0.942. The number of piperidine rings is 1. The molecule has 3 heterocycles. The van der Waals surface area contributed by atoms with Crippen LogP contribution in [-0.2, 0) is 6.54 Å². The highest BCUT2D eigenvalue weighted by Gasteiger charge is 2.37. The molecule has 3 aromatic rings. The van der Waals surface area contributed by atoms with Gasteiger partial charge in [-0.15, -0.1) is 0 Å². The van der Waals surface area contributed by atoms with Gasteiger partial charge in [-0.3, -0.25) is 9.59 Å². The van der Waals surface area contributed by atoms with E-state index in [1.165, 1.54) is 6.07 Å². The van der Waals surface area contributed by atoms with Crippen molar-refractivity contribution in [3.05, 3.63) is 93.7 Å². The molecule has 0 radical (unpaired) electrons. The molecule has 5 heteroatoms. The Kier molecular flexibility index (Phi) is 4.54. The van der Waals surface area contributed by atoms with Gasteiger partial charge in [0.05, 0.1) is 5.56 Å². The number of benzene rings is 2. The van der Waals surface area contributed by atoms with E-state index in [4.69, 9.17) is 0 Å². The Hall–Kier alpha value is -3.21. The summed E-state index contributed by atoms with van der Waals surface area (Å²) >= 11 is 0. The molecule has 2 atom stereocenters. The lowest BCUT2D eigenvalue weighted by atomic mass is 9.82. The maximum absolute atomic E-state index is 14.4. The third-order valence-electron chi connectivity index (χ3n) is 6.39. The highest BCUT2D eigenvalue weighted by Crippen LogP contribution is 2.37. The Morgan fingerprint density at radius 3 is 2.53 bits per heavy atom. The highest BCUT2D eigenvalue weighted by atomic mass is 19.1. The lowest BCUT2D eigenvalue weighted by molar-refractivity contribution is 0.0589. The first-order valence-electron chi connectivity index (χ1n) is 10.4. The van der Waals surface area contributed by atoms with Crippen molar-refractivity contribution >= 4 is 5.91 Å². The fraction of sp³-hybridized carbons (Fsp3) is 0.280. The summed E-state index contributed by atoms with van der Waals surface area (Å²) in [5.41, 5.74) is 3.70. The number of rotatable bonds is 2. The first-order chi connectivity index (χ1) is 14.5. The largest absolute Gasteiger partial charge is 0.338 e. The number of likely N-dealkylation sites (tertiary alicyclic amines) is 1. The number of aryl methyl sites for hydroxylation is 1. The van der Waals surface area contributed by atoms with Crippen molar-refractivity contribution in [2.45, 2.75) is 25.8 Å². The molecule has 1 saturated heterocycles. The fourth-order valence-corrected chi connectivity index (χ4v) is 4.98. The molecule has 2 aliphatic rings. The number of amides is 1. The second-order valence-electron chi connectivity index (χ2n) is 8.42. The number of carbonyl (C=O) groups is 1. The van der Waals surface area contributed by atoms with Gasteiger partial charge >= 0.3 is 0 Å². The number of carbonyl (C=O) groups excluding carboxylic acids is 1. The molecule has 0 unspecified atom stereocenters. The molecule has 1 amide bonds. The minimum absolute atomic E-state index is 0.00535. The lowest BCUT2D eigenvalue weighted by Gasteiger charge is -2.43. The molecule has 0 spiro atoms. The van der Waals surface area contributed by atoms with Crippen molar-refractivity contribution in [1.82, 2.24) is 9.47 Å². The van der Waals surface area contributed by atoms with Crippen molar-refractivity contribution in [3.8, 4) is 11.1 Å². The van der Waals surface area contributed by atoms with Crippen LogP contribution in [0.3, 0.4) is 0 Å². The van der Waals surface area contributed by atoms with Crippen molar-refractivity contribution in [3.63, 3.8) is 0 Å². The Balaban J connectivity index is 1.50.